The van der Waals surface area contributed by atoms with E-state index < -0.39 is 0 Å². The van der Waals surface area contributed by atoms with E-state index in [9.17, 15) is 4.79 Å². The first-order valence-electron chi connectivity index (χ1n) is 6.28. The van der Waals surface area contributed by atoms with Crippen molar-refractivity contribution >= 4 is 17.2 Å². The summed E-state index contributed by atoms with van der Waals surface area (Å²) >= 11 is 0. The number of fused-ring (bicyclic) bond motifs is 1. The number of carbonyl (C=O) groups excluding carboxylic acids is 1. The van der Waals surface area contributed by atoms with E-state index in [0.29, 0.717) is 6.54 Å². The van der Waals surface area contributed by atoms with E-state index in [1.165, 1.54) is 22.2 Å². The van der Waals surface area contributed by atoms with Crippen molar-refractivity contribution in [1.29, 1.82) is 0 Å². The zero-order chi connectivity index (χ0) is 13.1. The van der Waals surface area contributed by atoms with Gasteiger partial charge >= 0.3 is 0 Å². The maximum atomic E-state index is 10.3. The Balaban J connectivity index is 2.32. The summed E-state index contributed by atoms with van der Waals surface area (Å²) in [6.07, 6.45) is 1.87. The highest BCUT2D eigenvalue weighted by Gasteiger charge is 2.12. The van der Waals surface area contributed by atoms with Crippen molar-refractivity contribution in [2.75, 3.05) is 6.54 Å². The molecule has 0 aliphatic heterocycles. The lowest BCUT2D eigenvalue weighted by Gasteiger charge is -2.15. The van der Waals surface area contributed by atoms with Gasteiger partial charge in [-0.05, 0) is 32.4 Å². The lowest BCUT2D eigenvalue weighted by atomic mass is 10.2. The molecule has 95 valence electrons. The lowest BCUT2D eigenvalue weighted by Crippen LogP contribution is -2.31. The Kier molecular flexibility index (Phi) is 3.82. The Bertz CT molecular complexity index is 557. The minimum Gasteiger partial charge on any atom is -0.343 e. The summed E-state index contributed by atoms with van der Waals surface area (Å²) in [7, 11) is 0. The first-order chi connectivity index (χ1) is 8.65. The number of hydrogen-bond acceptors (Lipinski definition) is 2. The van der Waals surface area contributed by atoms with Gasteiger partial charge in [-0.3, -0.25) is 4.79 Å². The van der Waals surface area contributed by atoms with Gasteiger partial charge < -0.3 is 9.88 Å². The summed E-state index contributed by atoms with van der Waals surface area (Å²) < 4.78 is 2.31. The predicted octanol–water partition coefficient (Wildman–Crippen LogP) is 2.35. The third-order valence-corrected chi connectivity index (χ3v) is 3.53. The normalized spacial score (nSPS) is 12.8. The fourth-order valence-corrected chi connectivity index (χ4v) is 2.39. The predicted molar refractivity (Wildman–Crippen MR) is 74.6 cm³/mol. The molecule has 0 unspecified atom stereocenters. The smallest absolute Gasteiger partial charge is 0.213 e. The molecule has 0 fully saturated rings. The summed E-state index contributed by atoms with van der Waals surface area (Å²) in [6, 6.07) is 8.69. The number of nitrogens with one attached hydrogen (secondary N) is 1. The Labute approximate surface area is 108 Å². The van der Waals surface area contributed by atoms with Gasteiger partial charge in [-0.15, -0.1) is 0 Å². The second-order valence-electron chi connectivity index (χ2n) is 4.76. The average Bonchev–Trinajstić information content (AvgIpc) is 2.62. The van der Waals surface area contributed by atoms with Crippen molar-refractivity contribution in [3.05, 3.63) is 35.5 Å². The molecule has 0 saturated carbocycles. The number of rotatable bonds is 5. The van der Waals surface area contributed by atoms with Crippen LogP contribution in [0.4, 0.5) is 0 Å². The second-order valence-corrected chi connectivity index (χ2v) is 4.76. The van der Waals surface area contributed by atoms with E-state index >= 15 is 0 Å². The van der Waals surface area contributed by atoms with Gasteiger partial charge in [0.25, 0.3) is 0 Å². The van der Waals surface area contributed by atoms with Crippen molar-refractivity contribution in [3.8, 4) is 0 Å². The van der Waals surface area contributed by atoms with Gasteiger partial charge in [-0.25, -0.2) is 0 Å². The van der Waals surface area contributed by atoms with Crippen LogP contribution in [-0.4, -0.2) is 23.4 Å². The van der Waals surface area contributed by atoms with Crippen LogP contribution in [0.5, 0.6) is 0 Å². The molecule has 1 aromatic heterocycles. The molecule has 18 heavy (non-hydrogen) atoms. The molecule has 3 heteroatoms. The van der Waals surface area contributed by atoms with E-state index in [0.717, 1.165) is 6.54 Å². The number of aryl methyl sites for hydroxylation is 1. The Morgan fingerprint density at radius 3 is 2.78 bits per heavy atom. The lowest BCUT2D eigenvalue weighted by molar-refractivity contribution is 0.491. The molecule has 1 N–H and O–H groups in total. The highest BCUT2D eigenvalue weighted by molar-refractivity contribution is 5.85. The zero-order valence-corrected chi connectivity index (χ0v) is 11.2. The summed E-state index contributed by atoms with van der Waals surface area (Å²) in [4.78, 5) is 10.3. The van der Waals surface area contributed by atoms with Crippen LogP contribution in [0.15, 0.2) is 24.3 Å². The Hall–Kier alpha value is -1.61. The third-order valence-electron chi connectivity index (χ3n) is 3.53. The SMILES string of the molecule is Cc1c(C)n(C[C@H](C)NC[C]=O)c2ccccc12. The maximum Gasteiger partial charge on any atom is 0.213 e. The van der Waals surface area contributed by atoms with E-state index in [1.807, 2.05) is 6.29 Å². The van der Waals surface area contributed by atoms with E-state index in [2.05, 4.69) is 54.9 Å². The van der Waals surface area contributed by atoms with Gasteiger partial charge in [0.05, 0.1) is 6.54 Å². The van der Waals surface area contributed by atoms with Crippen LogP contribution in [0.1, 0.15) is 18.2 Å². The third kappa shape index (κ3) is 2.31. The van der Waals surface area contributed by atoms with Crippen molar-refractivity contribution in [1.82, 2.24) is 9.88 Å². The summed E-state index contributed by atoms with van der Waals surface area (Å²) in [5.74, 6) is 0. The fraction of sp³-hybridized carbons (Fsp3) is 0.400. The number of nitrogens with zero attached hydrogens (tertiary/aromatic N) is 1. The van der Waals surface area contributed by atoms with Crippen molar-refractivity contribution in [2.45, 2.75) is 33.4 Å². The standard InChI is InChI=1S/C15H19N2O/c1-11(16-8-9-18)10-17-13(3)12(2)14-6-4-5-7-15(14)17/h4-7,11,16H,8,10H2,1-3H3/t11-/m0/s1. The summed E-state index contributed by atoms with van der Waals surface area (Å²) in [5.41, 5.74) is 3.89. The zero-order valence-electron chi connectivity index (χ0n) is 11.2. The molecule has 0 amide bonds. The van der Waals surface area contributed by atoms with Crippen LogP contribution in [-0.2, 0) is 11.3 Å². The molecular weight excluding hydrogens is 224 g/mol. The number of aromatic nitrogens is 1. The minimum atomic E-state index is 0.250. The van der Waals surface area contributed by atoms with Crippen LogP contribution < -0.4 is 5.32 Å². The van der Waals surface area contributed by atoms with Crippen LogP contribution in [0.3, 0.4) is 0 Å². The van der Waals surface area contributed by atoms with Gasteiger partial charge in [0.1, 0.15) is 0 Å². The van der Waals surface area contributed by atoms with Gasteiger partial charge in [-0.1, -0.05) is 18.2 Å². The molecule has 0 aliphatic rings. The summed E-state index contributed by atoms with van der Waals surface area (Å²) in [5, 5.41) is 4.45. The first-order valence-corrected chi connectivity index (χ1v) is 6.28. The molecule has 2 rings (SSSR count). The first kappa shape index (κ1) is 12.8. The quantitative estimate of drug-likeness (QED) is 0.874. The highest BCUT2D eigenvalue weighted by Crippen LogP contribution is 2.24. The molecule has 1 radical (unpaired) electrons. The molecule has 0 bridgehead atoms. The molecule has 1 heterocycles. The number of hydrogen-bond donors (Lipinski definition) is 1. The fourth-order valence-electron chi connectivity index (χ4n) is 2.39. The monoisotopic (exact) mass is 243 g/mol. The van der Waals surface area contributed by atoms with E-state index in [1.54, 1.807) is 0 Å². The largest absolute Gasteiger partial charge is 0.343 e. The van der Waals surface area contributed by atoms with Gasteiger partial charge in [0.2, 0.25) is 6.29 Å². The minimum absolute atomic E-state index is 0.250. The van der Waals surface area contributed by atoms with Crippen molar-refractivity contribution in [3.63, 3.8) is 0 Å². The van der Waals surface area contributed by atoms with Crippen LogP contribution in [0, 0.1) is 13.8 Å². The molecular formula is C15H19N2O. The van der Waals surface area contributed by atoms with Gasteiger partial charge in [-0.2, -0.15) is 0 Å². The summed E-state index contributed by atoms with van der Waals surface area (Å²) in [6.45, 7) is 7.54. The molecule has 2 aromatic rings. The van der Waals surface area contributed by atoms with E-state index in [4.69, 9.17) is 0 Å². The molecule has 1 aromatic carbocycles. The average molecular weight is 243 g/mol. The van der Waals surface area contributed by atoms with Crippen molar-refractivity contribution < 1.29 is 4.79 Å². The maximum absolute atomic E-state index is 10.3. The van der Waals surface area contributed by atoms with Crippen LogP contribution >= 0.6 is 0 Å². The Morgan fingerprint density at radius 1 is 1.33 bits per heavy atom. The molecule has 3 nitrogen and oxygen atoms in total. The number of para-hydroxylation sites is 1. The van der Waals surface area contributed by atoms with Gasteiger partial charge in [0.15, 0.2) is 0 Å². The van der Waals surface area contributed by atoms with Crippen molar-refractivity contribution in [2.24, 2.45) is 0 Å². The molecule has 1 atom stereocenters. The topological polar surface area (TPSA) is 34.0 Å². The van der Waals surface area contributed by atoms with Crippen LogP contribution in [0.25, 0.3) is 10.9 Å². The van der Waals surface area contributed by atoms with Gasteiger partial charge in [0, 0.05) is 29.2 Å². The highest BCUT2D eigenvalue weighted by atomic mass is 16.1. The Morgan fingerprint density at radius 2 is 2.06 bits per heavy atom. The molecule has 0 aliphatic carbocycles. The van der Waals surface area contributed by atoms with Crippen LogP contribution in [0.2, 0.25) is 0 Å². The van der Waals surface area contributed by atoms with E-state index in [-0.39, 0.29) is 6.04 Å². The number of benzene rings is 1. The molecule has 0 spiro atoms. The second kappa shape index (κ2) is 5.36. The molecule has 0 saturated heterocycles.